The number of anilines is 1. The molecule has 5 aromatic rings. The Morgan fingerprint density at radius 2 is 2.00 bits per heavy atom. The summed E-state index contributed by atoms with van der Waals surface area (Å²) in [4.78, 5) is 27.3. The first-order valence-electron chi connectivity index (χ1n) is 16.7. The van der Waals surface area contributed by atoms with Crippen molar-refractivity contribution in [3.8, 4) is 22.6 Å². The van der Waals surface area contributed by atoms with Gasteiger partial charge >= 0.3 is 0 Å². The van der Waals surface area contributed by atoms with Crippen molar-refractivity contribution < 1.29 is 18.3 Å². The molecule has 0 bridgehead atoms. The minimum atomic E-state index is -0.406. The van der Waals surface area contributed by atoms with Crippen molar-refractivity contribution in [2.24, 2.45) is 4.99 Å². The third-order valence-corrected chi connectivity index (χ3v) is 8.49. The number of ether oxygens (including phenoxy) is 1. The first kappa shape index (κ1) is 33.5. The van der Waals surface area contributed by atoms with Gasteiger partial charge in [0.15, 0.2) is 11.3 Å². The van der Waals surface area contributed by atoms with Crippen molar-refractivity contribution in [1.82, 2.24) is 30.4 Å². The largest absolute Gasteiger partial charge is 0.443 e. The second-order valence-corrected chi connectivity index (χ2v) is 11.8. The number of carbonyl (C=O) groups is 1. The van der Waals surface area contributed by atoms with Crippen LogP contribution < -0.4 is 16.0 Å². The van der Waals surface area contributed by atoms with Crippen molar-refractivity contribution in [3.63, 3.8) is 0 Å². The quantitative estimate of drug-likeness (QED) is 0.0932. The van der Waals surface area contributed by atoms with E-state index in [1.807, 2.05) is 49.0 Å². The predicted octanol–water partition coefficient (Wildman–Crippen LogP) is 6.30. The summed E-state index contributed by atoms with van der Waals surface area (Å²) in [6.45, 7) is 11.0. The Morgan fingerprint density at radius 1 is 1.14 bits per heavy atom. The first-order valence-corrected chi connectivity index (χ1v) is 16.7. The zero-order chi connectivity index (χ0) is 34.2. The number of hydrogen-bond donors (Lipinski definition) is 3. The Bertz CT molecular complexity index is 1960. The molecular formula is C37H41FN8O3. The number of benzene rings is 2. The van der Waals surface area contributed by atoms with E-state index < -0.39 is 5.91 Å². The van der Waals surface area contributed by atoms with Crippen LogP contribution in [0.25, 0.3) is 33.6 Å². The summed E-state index contributed by atoms with van der Waals surface area (Å²) in [5, 5.41) is 15.0. The number of carbonyl (C=O) groups excluding carboxylic acids is 1. The Hall–Kier alpha value is -5.36. The number of aryl methyl sites for hydroxylation is 2. The summed E-state index contributed by atoms with van der Waals surface area (Å²) in [5.41, 5.74) is 6.17. The summed E-state index contributed by atoms with van der Waals surface area (Å²) >= 11 is 0. The zero-order valence-corrected chi connectivity index (χ0v) is 27.8. The van der Waals surface area contributed by atoms with E-state index in [2.05, 4.69) is 37.6 Å². The maximum Gasteiger partial charge on any atom is 0.273 e. The molecule has 0 spiro atoms. The van der Waals surface area contributed by atoms with E-state index in [1.54, 1.807) is 24.5 Å². The van der Waals surface area contributed by atoms with Gasteiger partial charge in [0, 0.05) is 50.7 Å². The molecule has 12 heteroatoms. The highest BCUT2D eigenvalue weighted by atomic mass is 19.1. The molecule has 254 valence electrons. The zero-order valence-electron chi connectivity index (χ0n) is 27.8. The summed E-state index contributed by atoms with van der Waals surface area (Å²) in [5.74, 6) is -0.448. The van der Waals surface area contributed by atoms with Gasteiger partial charge in [0.2, 0.25) is 5.89 Å². The van der Waals surface area contributed by atoms with E-state index in [0.717, 1.165) is 57.5 Å². The number of halogens is 1. The molecule has 0 aliphatic carbocycles. The molecule has 6 rings (SSSR count). The fraction of sp³-hybridized carbons (Fsp3) is 0.324. The molecule has 0 radical (unpaired) electrons. The van der Waals surface area contributed by atoms with Crippen LogP contribution in [-0.4, -0.2) is 57.7 Å². The van der Waals surface area contributed by atoms with Crippen molar-refractivity contribution in [1.29, 1.82) is 0 Å². The van der Waals surface area contributed by atoms with Crippen LogP contribution in [0, 0.1) is 5.82 Å². The third kappa shape index (κ3) is 7.70. The molecule has 1 saturated heterocycles. The number of rotatable bonds is 14. The monoisotopic (exact) mass is 664 g/mol. The minimum Gasteiger partial charge on any atom is -0.443 e. The standard InChI is InChI=1S/C37H41FN8O3/c1-4-31-33(34(43-27-12-16-48-17-13-27)29-22-42-46(6-3)35(29)44-31)37-45-32(23-49-37)36(47)41-21-25-10-11-30(38)28(19-25)26-9-7-8-24(18-26)20-40-15-14-39-5-2/h5,7-11,15,18-19,22-23,27,39H,2,4,6,12-14,16-17,20-21H2,1,3H3,(H,41,47)(H,43,44). The van der Waals surface area contributed by atoms with Gasteiger partial charge in [-0.15, -0.1) is 0 Å². The molecule has 3 N–H and O–H groups in total. The fourth-order valence-electron chi connectivity index (χ4n) is 5.93. The van der Waals surface area contributed by atoms with Crippen LogP contribution in [0.3, 0.4) is 0 Å². The highest BCUT2D eigenvalue weighted by Gasteiger charge is 2.26. The predicted molar refractivity (Wildman–Crippen MR) is 189 cm³/mol. The van der Waals surface area contributed by atoms with Crippen molar-refractivity contribution in [3.05, 3.63) is 96.0 Å². The number of nitrogens with zero attached hydrogens (tertiary/aromatic N) is 5. The van der Waals surface area contributed by atoms with E-state index in [1.165, 1.54) is 12.3 Å². The van der Waals surface area contributed by atoms with Crippen LogP contribution in [0.5, 0.6) is 0 Å². The molecule has 49 heavy (non-hydrogen) atoms. The van der Waals surface area contributed by atoms with Crippen LogP contribution in [0.4, 0.5) is 10.1 Å². The summed E-state index contributed by atoms with van der Waals surface area (Å²) in [7, 11) is 0. The van der Waals surface area contributed by atoms with E-state index in [9.17, 15) is 9.18 Å². The normalized spacial score (nSPS) is 13.6. The fourth-order valence-corrected chi connectivity index (χ4v) is 5.93. The molecular weight excluding hydrogens is 623 g/mol. The van der Waals surface area contributed by atoms with Crippen LogP contribution >= 0.6 is 0 Å². The number of nitrogens with one attached hydrogen (secondary N) is 3. The molecule has 0 saturated carbocycles. The van der Waals surface area contributed by atoms with Gasteiger partial charge in [-0.1, -0.05) is 37.8 Å². The lowest BCUT2D eigenvalue weighted by atomic mass is 10.0. The molecule has 3 aromatic heterocycles. The molecule has 1 aliphatic heterocycles. The minimum absolute atomic E-state index is 0.136. The first-order chi connectivity index (χ1) is 24.0. The summed E-state index contributed by atoms with van der Waals surface area (Å²) in [6, 6.07) is 12.6. The number of pyridine rings is 1. The second-order valence-electron chi connectivity index (χ2n) is 11.8. The van der Waals surface area contributed by atoms with Gasteiger partial charge in [0.1, 0.15) is 12.1 Å². The number of fused-ring (bicyclic) bond motifs is 1. The topological polar surface area (TPSA) is 131 Å². The van der Waals surface area contributed by atoms with E-state index in [-0.39, 0.29) is 24.1 Å². The Labute approximate surface area is 284 Å². The van der Waals surface area contributed by atoms with E-state index in [4.69, 9.17) is 14.1 Å². The molecule has 0 unspecified atom stereocenters. The third-order valence-electron chi connectivity index (χ3n) is 8.49. The van der Waals surface area contributed by atoms with Crippen LogP contribution in [0.1, 0.15) is 54.0 Å². The van der Waals surface area contributed by atoms with Crippen molar-refractivity contribution in [2.45, 2.75) is 58.8 Å². The lowest BCUT2D eigenvalue weighted by Crippen LogP contribution is -2.28. The maximum absolute atomic E-state index is 15.0. The molecule has 1 amide bonds. The van der Waals surface area contributed by atoms with Crippen LogP contribution in [-0.2, 0) is 30.8 Å². The maximum atomic E-state index is 15.0. The number of aliphatic imine (C=N–C) groups is 1. The van der Waals surface area contributed by atoms with E-state index >= 15 is 0 Å². The van der Waals surface area contributed by atoms with Crippen LogP contribution in [0.2, 0.25) is 0 Å². The molecule has 1 aliphatic rings. The van der Waals surface area contributed by atoms with E-state index in [0.29, 0.717) is 50.7 Å². The van der Waals surface area contributed by atoms with Crippen LogP contribution in [0.15, 0.2) is 77.1 Å². The van der Waals surface area contributed by atoms with Gasteiger partial charge < -0.3 is 25.1 Å². The van der Waals surface area contributed by atoms with Gasteiger partial charge in [-0.3, -0.25) is 9.79 Å². The average molecular weight is 665 g/mol. The van der Waals surface area contributed by atoms with Gasteiger partial charge in [0.25, 0.3) is 5.91 Å². The van der Waals surface area contributed by atoms with Crippen molar-refractivity contribution in [2.75, 3.05) is 25.1 Å². The molecule has 11 nitrogen and oxygen atoms in total. The highest BCUT2D eigenvalue weighted by Crippen LogP contribution is 2.38. The SMILES string of the molecule is C=CNCC=NCc1cccc(-c2cc(CNC(=O)c3coc(-c4c(CC)nc5c(cnn5CC)c4NC4CCOCC4)n3)ccc2F)c1. The Balaban J connectivity index is 1.20. The highest BCUT2D eigenvalue weighted by molar-refractivity contribution is 5.99. The number of aromatic nitrogens is 4. The molecule has 1 fully saturated rings. The number of oxazole rings is 1. The Morgan fingerprint density at radius 3 is 2.80 bits per heavy atom. The van der Waals surface area contributed by atoms with Gasteiger partial charge in [-0.2, -0.15) is 5.10 Å². The van der Waals surface area contributed by atoms with Gasteiger partial charge in [-0.25, -0.2) is 19.0 Å². The number of amides is 1. The smallest absolute Gasteiger partial charge is 0.273 e. The number of hydrogen-bond acceptors (Lipinski definition) is 9. The lowest BCUT2D eigenvalue weighted by molar-refractivity contribution is 0.0904. The molecule has 0 atom stereocenters. The van der Waals surface area contributed by atoms with Gasteiger partial charge in [0.05, 0.1) is 35.1 Å². The summed E-state index contributed by atoms with van der Waals surface area (Å²) < 4.78 is 28.4. The van der Waals surface area contributed by atoms with Crippen molar-refractivity contribution >= 4 is 28.8 Å². The lowest BCUT2D eigenvalue weighted by Gasteiger charge is -2.26. The van der Waals surface area contributed by atoms with Gasteiger partial charge in [-0.05, 0) is 67.3 Å². The molecule has 2 aromatic carbocycles. The Kier molecular flexibility index (Phi) is 10.7. The second kappa shape index (κ2) is 15.7. The summed E-state index contributed by atoms with van der Waals surface area (Å²) in [6.07, 6.45) is 8.93. The average Bonchev–Trinajstić information content (AvgIpc) is 3.79. The molecule has 4 heterocycles.